The summed E-state index contributed by atoms with van der Waals surface area (Å²) in [7, 11) is 1.51. The number of nitrogens with one attached hydrogen (secondary N) is 1. The van der Waals surface area contributed by atoms with E-state index < -0.39 is 17.9 Å². The van der Waals surface area contributed by atoms with E-state index in [1.165, 1.54) is 24.5 Å². The number of hydrogen-bond donors (Lipinski definition) is 1. The Kier molecular flexibility index (Phi) is 7.67. The second kappa shape index (κ2) is 10.7. The van der Waals surface area contributed by atoms with E-state index in [9.17, 15) is 14.0 Å². The summed E-state index contributed by atoms with van der Waals surface area (Å²) in [4.78, 5) is 33.2. The second-order valence-corrected chi connectivity index (χ2v) is 10.2. The molecule has 2 amide bonds. The van der Waals surface area contributed by atoms with Crippen LogP contribution in [0.1, 0.15) is 49.7 Å². The highest BCUT2D eigenvalue weighted by Crippen LogP contribution is 2.34. The molecular formula is C25H31FN6O3S. The lowest BCUT2D eigenvalue weighted by Crippen LogP contribution is -2.48. The van der Waals surface area contributed by atoms with E-state index >= 15 is 0 Å². The van der Waals surface area contributed by atoms with Crippen molar-refractivity contribution in [2.24, 2.45) is 5.92 Å². The van der Waals surface area contributed by atoms with Gasteiger partial charge in [0, 0.05) is 30.4 Å². The molecule has 2 aromatic heterocycles. The van der Waals surface area contributed by atoms with Crippen molar-refractivity contribution in [2.45, 2.75) is 59.2 Å². The zero-order chi connectivity index (χ0) is 26.0. The molecule has 1 N–H and O–H groups in total. The molecule has 0 bridgehead atoms. The molecule has 0 spiro atoms. The first-order valence-electron chi connectivity index (χ1n) is 11.9. The van der Waals surface area contributed by atoms with Gasteiger partial charge in [0.15, 0.2) is 0 Å². The van der Waals surface area contributed by atoms with Crippen LogP contribution in [0.25, 0.3) is 10.4 Å². The Morgan fingerprint density at radius 2 is 2.08 bits per heavy atom. The van der Waals surface area contributed by atoms with Gasteiger partial charge in [0.05, 0.1) is 28.9 Å². The van der Waals surface area contributed by atoms with Crippen LogP contribution in [0.15, 0.2) is 23.8 Å². The molecule has 0 saturated carbocycles. The molecule has 1 aromatic carbocycles. The first kappa shape index (κ1) is 25.7. The lowest BCUT2D eigenvalue weighted by atomic mass is 10.0. The summed E-state index contributed by atoms with van der Waals surface area (Å²) in [5.41, 5.74) is 4.07. The molecule has 1 fully saturated rings. The van der Waals surface area contributed by atoms with Crippen molar-refractivity contribution in [3.8, 4) is 16.2 Å². The number of aryl methyl sites for hydroxylation is 2. The molecule has 2 atom stereocenters. The topological polar surface area (TPSA) is 102 Å². The van der Waals surface area contributed by atoms with Gasteiger partial charge in [0.2, 0.25) is 11.8 Å². The summed E-state index contributed by atoms with van der Waals surface area (Å²) < 4.78 is 22.0. The molecule has 0 unspecified atom stereocenters. The van der Waals surface area contributed by atoms with Gasteiger partial charge in [-0.25, -0.2) is 14.1 Å². The summed E-state index contributed by atoms with van der Waals surface area (Å²) in [6, 6.07) is 1.87. The van der Waals surface area contributed by atoms with E-state index in [1.807, 2.05) is 27.7 Å². The van der Waals surface area contributed by atoms with Crippen LogP contribution in [0.4, 0.5) is 4.39 Å². The second-order valence-electron chi connectivity index (χ2n) is 9.35. The van der Waals surface area contributed by atoms with Crippen LogP contribution < -0.4 is 10.1 Å². The number of carbonyl (C=O) groups is 2. The van der Waals surface area contributed by atoms with E-state index in [0.29, 0.717) is 29.8 Å². The number of aromatic nitrogens is 4. The van der Waals surface area contributed by atoms with Crippen molar-refractivity contribution in [3.63, 3.8) is 0 Å². The van der Waals surface area contributed by atoms with Crippen LogP contribution in [0.2, 0.25) is 0 Å². The summed E-state index contributed by atoms with van der Waals surface area (Å²) in [6.45, 7) is 8.11. The molecule has 192 valence electrons. The Bertz CT molecular complexity index is 1260. The quantitative estimate of drug-likeness (QED) is 0.492. The molecule has 1 aliphatic heterocycles. The fourth-order valence-corrected chi connectivity index (χ4v) is 5.46. The third-order valence-electron chi connectivity index (χ3n) is 6.45. The van der Waals surface area contributed by atoms with Gasteiger partial charge in [-0.15, -0.1) is 16.4 Å². The van der Waals surface area contributed by atoms with Gasteiger partial charge >= 0.3 is 0 Å². The van der Waals surface area contributed by atoms with Crippen molar-refractivity contribution in [3.05, 3.63) is 46.6 Å². The Balaban J connectivity index is 1.49. The smallest absolute Gasteiger partial charge is 0.248 e. The average Bonchev–Trinajstić information content (AvgIpc) is 3.59. The number of benzene rings is 1. The Hall–Kier alpha value is -3.34. The van der Waals surface area contributed by atoms with Gasteiger partial charge in [-0.1, -0.05) is 19.1 Å². The number of amides is 2. The molecule has 3 aromatic rings. The predicted octanol–water partition coefficient (Wildman–Crippen LogP) is 3.67. The van der Waals surface area contributed by atoms with Crippen LogP contribution in [0, 0.1) is 25.6 Å². The molecule has 1 aliphatic rings. The normalized spacial score (nSPS) is 16.4. The van der Waals surface area contributed by atoms with Gasteiger partial charge < -0.3 is 15.0 Å². The van der Waals surface area contributed by atoms with Gasteiger partial charge in [-0.2, -0.15) is 0 Å². The minimum atomic E-state index is -0.599. The van der Waals surface area contributed by atoms with Crippen LogP contribution in [-0.2, 0) is 16.1 Å². The van der Waals surface area contributed by atoms with Crippen LogP contribution >= 0.6 is 11.3 Å². The summed E-state index contributed by atoms with van der Waals surface area (Å²) in [5.74, 6) is -0.396. The largest absolute Gasteiger partial charge is 0.496 e. The Labute approximate surface area is 213 Å². The standard InChI is InChI=1S/C25H31FN6O3S/c1-14(2)22(32-12-15(3)29-30-32)25(34)31-8-6-7-20(31)24(33)27-11-17-9-19(26)18(10-21(17)35-5)23-16(4)28-13-36-23/h9-10,12-14,20,22H,6-8,11H2,1-5H3,(H,27,33)/t20-,22-/m0/s1. The molecule has 9 nitrogen and oxygen atoms in total. The average molecular weight is 515 g/mol. The van der Waals surface area contributed by atoms with Gasteiger partial charge in [-0.3, -0.25) is 9.59 Å². The Morgan fingerprint density at radius 1 is 1.31 bits per heavy atom. The van der Waals surface area contributed by atoms with Crippen LogP contribution in [0.5, 0.6) is 5.75 Å². The van der Waals surface area contributed by atoms with Crippen LogP contribution in [0.3, 0.4) is 0 Å². The summed E-state index contributed by atoms with van der Waals surface area (Å²) >= 11 is 1.36. The predicted molar refractivity (Wildman–Crippen MR) is 134 cm³/mol. The van der Waals surface area contributed by atoms with E-state index in [1.54, 1.807) is 27.4 Å². The monoisotopic (exact) mass is 514 g/mol. The zero-order valence-electron chi connectivity index (χ0n) is 21.1. The third kappa shape index (κ3) is 5.11. The first-order valence-corrected chi connectivity index (χ1v) is 12.8. The number of ether oxygens (including phenoxy) is 1. The number of thiazole rings is 1. The number of methoxy groups -OCH3 is 1. The fraction of sp³-hybridized carbons (Fsp3) is 0.480. The number of rotatable bonds is 8. The maximum Gasteiger partial charge on any atom is 0.248 e. The van der Waals surface area contributed by atoms with Crippen molar-refractivity contribution in [1.29, 1.82) is 0 Å². The zero-order valence-corrected chi connectivity index (χ0v) is 21.9. The highest BCUT2D eigenvalue weighted by molar-refractivity contribution is 7.13. The van der Waals surface area contributed by atoms with E-state index in [0.717, 1.165) is 22.7 Å². The molecule has 36 heavy (non-hydrogen) atoms. The molecule has 11 heteroatoms. The Morgan fingerprint density at radius 3 is 2.69 bits per heavy atom. The molecule has 0 aliphatic carbocycles. The molecule has 1 saturated heterocycles. The summed E-state index contributed by atoms with van der Waals surface area (Å²) in [5, 5.41) is 11.0. The number of likely N-dealkylation sites (tertiary alicyclic amines) is 1. The molecule has 4 rings (SSSR count). The van der Waals surface area contributed by atoms with Crippen LogP contribution in [-0.4, -0.2) is 56.4 Å². The van der Waals surface area contributed by atoms with E-state index in [4.69, 9.17) is 4.74 Å². The highest BCUT2D eigenvalue weighted by Gasteiger charge is 2.39. The third-order valence-corrected chi connectivity index (χ3v) is 7.41. The number of halogens is 1. The maximum atomic E-state index is 15.0. The summed E-state index contributed by atoms with van der Waals surface area (Å²) in [6.07, 6.45) is 3.03. The van der Waals surface area contributed by atoms with Gasteiger partial charge in [0.1, 0.15) is 23.7 Å². The first-order chi connectivity index (χ1) is 17.2. The van der Waals surface area contributed by atoms with Crippen molar-refractivity contribution in [2.75, 3.05) is 13.7 Å². The lowest BCUT2D eigenvalue weighted by molar-refractivity contribution is -0.142. The molecule has 0 radical (unpaired) electrons. The molecular weight excluding hydrogens is 483 g/mol. The lowest BCUT2D eigenvalue weighted by Gasteiger charge is -2.30. The molecule has 3 heterocycles. The fourth-order valence-electron chi connectivity index (χ4n) is 4.64. The SMILES string of the molecule is COc1cc(-c2scnc2C)c(F)cc1CNC(=O)[C@@H]1CCCN1C(=O)[C@H](C(C)C)n1cc(C)nn1. The minimum Gasteiger partial charge on any atom is -0.496 e. The van der Waals surface area contributed by atoms with Gasteiger partial charge in [-0.05, 0) is 44.7 Å². The van der Waals surface area contributed by atoms with Crippen molar-refractivity contribution in [1.82, 2.24) is 30.2 Å². The van der Waals surface area contributed by atoms with Crippen molar-refractivity contribution >= 4 is 23.2 Å². The maximum absolute atomic E-state index is 15.0. The number of nitrogens with zero attached hydrogens (tertiary/aromatic N) is 5. The minimum absolute atomic E-state index is 0.0316. The van der Waals surface area contributed by atoms with E-state index in [-0.39, 0.29) is 24.3 Å². The van der Waals surface area contributed by atoms with Gasteiger partial charge in [0.25, 0.3) is 0 Å². The van der Waals surface area contributed by atoms with E-state index in [2.05, 4.69) is 20.6 Å². The highest BCUT2D eigenvalue weighted by atomic mass is 32.1. The number of carbonyl (C=O) groups excluding carboxylic acids is 2. The number of hydrogen-bond acceptors (Lipinski definition) is 7. The van der Waals surface area contributed by atoms with Crippen molar-refractivity contribution < 1.29 is 18.7 Å².